The molecule has 0 aliphatic rings. The average molecular weight is 290 g/mol. The molecule has 1 unspecified atom stereocenters. The van der Waals surface area contributed by atoms with Gasteiger partial charge in [-0.3, -0.25) is 4.98 Å². The number of aromatic nitrogens is 1. The van der Waals surface area contributed by atoms with E-state index in [1.54, 1.807) is 20.3 Å². The fourth-order valence-electron chi connectivity index (χ4n) is 2.09. The topological polar surface area (TPSA) is 43.4 Å². The van der Waals surface area contributed by atoms with Gasteiger partial charge < -0.3 is 14.8 Å². The summed E-state index contributed by atoms with van der Waals surface area (Å²) >= 11 is 0. The number of pyridine rings is 1. The Bertz CT molecular complexity index is 587. The molecule has 0 spiro atoms. The number of nitrogens with zero attached hydrogens (tertiary/aromatic N) is 1. The normalized spacial score (nSPS) is 11.8. The molecule has 0 fully saturated rings. The molecule has 0 radical (unpaired) electrons. The highest BCUT2D eigenvalue weighted by molar-refractivity contribution is 5.60. The van der Waals surface area contributed by atoms with Gasteiger partial charge in [-0.1, -0.05) is 6.92 Å². The van der Waals surface area contributed by atoms with E-state index in [0.717, 1.165) is 29.3 Å². The third-order valence-electron chi connectivity index (χ3n) is 3.25. The Morgan fingerprint density at radius 2 is 2.00 bits per heavy atom. The van der Waals surface area contributed by atoms with Gasteiger partial charge in [0.2, 0.25) is 0 Å². The molecule has 0 saturated carbocycles. The first-order valence-corrected chi connectivity index (χ1v) is 6.78. The van der Waals surface area contributed by atoms with Crippen LogP contribution >= 0.6 is 0 Å². The molecule has 1 N–H and O–H groups in total. The van der Waals surface area contributed by atoms with Crippen molar-refractivity contribution in [2.24, 2.45) is 0 Å². The van der Waals surface area contributed by atoms with Crippen molar-refractivity contribution in [3.63, 3.8) is 0 Å². The maximum absolute atomic E-state index is 13.0. The quantitative estimate of drug-likeness (QED) is 0.878. The van der Waals surface area contributed by atoms with Crippen molar-refractivity contribution in [1.29, 1.82) is 0 Å². The molecule has 0 aliphatic heterocycles. The molecule has 4 nitrogen and oxygen atoms in total. The minimum Gasteiger partial charge on any atom is -0.497 e. The van der Waals surface area contributed by atoms with Gasteiger partial charge in [-0.2, -0.15) is 0 Å². The molecule has 0 saturated heterocycles. The van der Waals surface area contributed by atoms with Gasteiger partial charge >= 0.3 is 0 Å². The van der Waals surface area contributed by atoms with Crippen LogP contribution in [0.25, 0.3) is 0 Å². The fraction of sp³-hybridized carbons (Fsp3) is 0.312. The number of methoxy groups -OCH3 is 2. The number of nitrogens with one attached hydrogen (secondary N) is 1. The summed E-state index contributed by atoms with van der Waals surface area (Å²) in [7, 11) is 3.23. The van der Waals surface area contributed by atoms with Gasteiger partial charge in [0, 0.05) is 6.07 Å². The molecule has 21 heavy (non-hydrogen) atoms. The molecule has 2 rings (SSSR count). The predicted molar refractivity (Wildman–Crippen MR) is 80.4 cm³/mol. The van der Waals surface area contributed by atoms with Crippen LogP contribution in [0.4, 0.5) is 10.1 Å². The van der Waals surface area contributed by atoms with Crippen LogP contribution in [-0.4, -0.2) is 19.2 Å². The summed E-state index contributed by atoms with van der Waals surface area (Å²) in [5, 5.41) is 3.37. The van der Waals surface area contributed by atoms with Crippen LogP contribution in [0.3, 0.4) is 0 Å². The summed E-state index contributed by atoms with van der Waals surface area (Å²) in [5.41, 5.74) is 1.60. The van der Waals surface area contributed by atoms with E-state index in [-0.39, 0.29) is 11.9 Å². The van der Waals surface area contributed by atoms with Crippen LogP contribution < -0.4 is 14.8 Å². The third-order valence-corrected chi connectivity index (χ3v) is 3.25. The lowest BCUT2D eigenvalue weighted by atomic mass is 10.1. The Morgan fingerprint density at radius 3 is 2.57 bits per heavy atom. The molecule has 1 aromatic carbocycles. The zero-order valence-electron chi connectivity index (χ0n) is 12.4. The van der Waals surface area contributed by atoms with Gasteiger partial charge in [-0.15, -0.1) is 0 Å². The summed E-state index contributed by atoms with van der Waals surface area (Å²) in [5.74, 6) is 1.11. The van der Waals surface area contributed by atoms with Gasteiger partial charge in [-0.25, -0.2) is 4.39 Å². The summed E-state index contributed by atoms with van der Waals surface area (Å²) in [6, 6.07) is 8.60. The Hall–Kier alpha value is -2.30. The SMILES string of the molecule is CCC(Nc1cc(OC)ccc1OC)c1ccc(F)cn1. The maximum Gasteiger partial charge on any atom is 0.142 e. The lowest BCUT2D eigenvalue weighted by molar-refractivity contribution is 0.404. The number of ether oxygens (including phenoxy) is 2. The van der Waals surface area contributed by atoms with Gasteiger partial charge in [0.05, 0.1) is 37.8 Å². The van der Waals surface area contributed by atoms with Crippen molar-refractivity contribution < 1.29 is 13.9 Å². The molecule has 1 aromatic heterocycles. The number of hydrogen-bond donors (Lipinski definition) is 1. The van der Waals surface area contributed by atoms with E-state index in [4.69, 9.17) is 9.47 Å². The molecule has 2 aromatic rings. The van der Waals surface area contributed by atoms with Crippen molar-refractivity contribution in [3.05, 3.63) is 48.0 Å². The standard InChI is InChI=1S/C16H19FN2O2/c1-4-13(14-7-5-11(17)10-18-14)19-15-9-12(20-2)6-8-16(15)21-3/h5-10,13,19H,4H2,1-3H3. The van der Waals surface area contributed by atoms with Crippen LogP contribution in [-0.2, 0) is 0 Å². The van der Waals surface area contributed by atoms with Gasteiger partial charge in [-0.05, 0) is 30.7 Å². The number of benzene rings is 1. The zero-order valence-corrected chi connectivity index (χ0v) is 12.4. The molecule has 112 valence electrons. The van der Waals surface area contributed by atoms with E-state index in [9.17, 15) is 4.39 Å². The number of halogens is 1. The van der Waals surface area contributed by atoms with Gasteiger partial charge in [0.15, 0.2) is 0 Å². The number of anilines is 1. The first-order chi connectivity index (χ1) is 10.2. The van der Waals surface area contributed by atoms with Crippen LogP contribution in [0.15, 0.2) is 36.5 Å². The van der Waals surface area contributed by atoms with E-state index in [1.807, 2.05) is 25.1 Å². The second-order valence-corrected chi connectivity index (χ2v) is 4.57. The Morgan fingerprint density at radius 1 is 1.19 bits per heavy atom. The van der Waals surface area contributed by atoms with E-state index in [1.165, 1.54) is 12.3 Å². The lowest BCUT2D eigenvalue weighted by Gasteiger charge is -2.20. The number of hydrogen-bond acceptors (Lipinski definition) is 4. The van der Waals surface area contributed by atoms with Gasteiger partial charge in [0.25, 0.3) is 0 Å². The van der Waals surface area contributed by atoms with Crippen LogP contribution in [0, 0.1) is 5.82 Å². The first-order valence-electron chi connectivity index (χ1n) is 6.78. The summed E-state index contributed by atoms with van der Waals surface area (Å²) in [4.78, 5) is 4.13. The van der Waals surface area contributed by atoms with Crippen molar-refractivity contribution in [2.75, 3.05) is 19.5 Å². The van der Waals surface area contributed by atoms with E-state index < -0.39 is 0 Å². The van der Waals surface area contributed by atoms with E-state index >= 15 is 0 Å². The third kappa shape index (κ3) is 3.62. The highest BCUT2D eigenvalue weighted by Gasteiger charge is 2.14. The Kier molecular flexibility index (Phi) is 4.98. The van der Waals surface area contributed by atoms with E-state index in [2.05, 4.69) is 10.3 Å². The largest absolute Gasteiger partial charge is 0.497 e. The average Bonchev–Trinajstić information content (AvgIpc) is 2.53. The van der Waals surface area contributed by atoms with Crippen molar-refractivity contribution in [3.8, 4) is 11.5 Å². The summed E-state index contributed by atoms with van der Waals surface area (Å²) < 4.78 is 23.6. The lowest BCUT2D eigenvalue weighted by Crippen LogP contribution is -2.12. The second kappa shape index (κ2) is 6.92. The minimum atomic E-state index is -0.340. The van der Waals surface area contributed by atoms with Crippen LogP contribution in [0.1, 0.15) is 25.1 Å². The smallest absolute Gasteiger partial charge is 0.142 e. The molecule has 1 heterocycles. The Balaban J connectivity index is 2.27. The Labute approximate surface area is 123 Å². The zero-order chi connectivity index (χ0) is 15.2. The van der Waals surface area contributed by atoms with Crippen molar-refractivity contribution >= 4 is 5.69 Å². The van der Waals surface area contributed by atoms with Crippen molar-refractivity contribution in [2.45, 2.75) is 19.4 Å². The van der Waals surface area contributed by atoms with Crippen LogP contribution in [0.2, 0.25) is 0 Å². The molecule has 5 heteroatoms. The summed E-state index contributed by atoms with van der Waals surface area (Å²) in [6.45, 7) is 2.04. The second-order valence-electron chi connectivity index (χ2n) is 4.57. The maximum atomic E-state index is 13.0. The van der Waals surface area contributed by atoms with E-state index in [0.29, 0.717) is 0 Å². The highest BCUT2D eigenvalue weighted by Crippen LogP contribution is 2.32. The molecule has 0 amide bonds. The molecule has 0 aliphatic carbocycles. The predicted octanol–water partition coefficient (Wildman–Crippen LogP) is 3.80. The summed E-state index contributed by atoms with van der Waals surface area (Å²) in [6.07, 6.45) is 2.03. The molecular formula is C16H19FN2O2. The molecule has 0 bridgehead atoms. The first kappa shape index (κ1) is 15.1. The van der Waals surface area contributed by atoms with Crippen molar-refractivity contribution in [1.82, 2.24) is 4.98 Å². The highest BCUT2D eigenvalue weighted by atomic mass is 19.1. The monoisotopic (exact) mass is 290 g/mol. The number of rotatable bonds is 6. The minimum absolute atomic E-state index is 0.0355. The fourth-order valence-corrected chi connectivity index (χ4v) is 2.09. The molecular weight excluding hydrogens is 271 g/mol. The van der Waals surface area contributed by atoms with Crippen LogP contribution in [0.5, 0.6) is 11.5 Å². The molecule has 1 atom stereocenters. The van der Waals surface area contributed by atoms with Gasteiger partial charge in [0.1, 0.15) is 17.3 Å².